The average molecular weight is 322 g/mol. The summed E-state index contributed by atoms with van der Waals surface area (Å²) in [5, 5.41) is 3.42. The van der Waals surface area contributed by atoms with E-state index in [9.17, 15) is 4.79 Å². The molecule has 0 aliphatic carbocycles. The van der Waals surface area contributed by atoms with Gasteiger partial charge in [-0.3, -0.25) is 4.79 Å². The van der Waals surface area contributed by atoms with E-state index in [0.717, 1.165) is 11.1 Å². The average Bonchev–Trinajstić information content (AvgIpc) is 2.47. The highest BCUT2D eigenvalue weighted by Crippen LogP contribution is 2.24. The van der Waals surface area contributed by atoms with Crippen LogP contribution in [-0.2, 0) is 5.54 Å². The minimum absolute atomic E-state index is 0.230. The van der Waals surface area contributed by atoms with Gasteiger partial charge >= 0.3 is 0 Å². The number of carbonyl (C=O) groups excluding carboxylic acids is 1. The molecule has 0 spiro atoms. The number of nitrogens with one attached hydrogen (secondary N) is 1. The first-order valence-electron chi connectivity index (χ1n) is 6.66. The maximum Gasteiger partial charge on any atom is 0.253 e. The molecule has 1 N–H and O–H groups in total. The summed E-state index contributed by atoms with van der Waals surface area (Å²) >= 11 is 12.2. The van der Waals surface area contributed by atoms with Gasteiger partial charge in [-0.05, 0) is 37.1 Å². The molecule has 2 aromatic rings. The van der Waals surface area contributed by atoms with E-state index >= 15 is 0 Å². The summed E-state index contributed by atoms with van der Waals surface area (Å²) < 4.78 is 0. The molecule has 0 heterocycles. The Morgan fingerprint density at radius 2 is 1.86 bits per heavy atom. The molecular formula is C17H17Cl2NO. The Labute approximate surface area is 135 Å². The van der Waals surface area contributed by atoms with Crippen LogP contribution in [0.15, 0.2) is 48.5 Å². The van der Waals surface area contributed by atoms with Crippen LogP contribution in [0.4, 0.5) is 0 Å². The van der Waals surface area contributed by atoms with Crippen LogP contribution < -0.4 is 5.32 Å². The summed E-state index contributed by atoms with van der Waals surface area (Å²) in [6.07, 6.45) is 0. The van der Waals surface area contributed by atoms with Gasteiger partial charge in [0.1, 0.15) is 0 Å². The van der Waals surface area contributed by atoms with Crippen LogP contribution in [0.5, 0.6) is 0 Å². The normalized spacial score (nSPS) is 13.5. The molecule has 0 aliphatic rings. The Hall–Kier alpha value is -1.51. The summed E-state index contributed by atoms with van der Waals surface area (Å²) in [7, 11) is 0. The summed E-state index contributed by atoms with van der Waals surface area (Å²) in [5.41, 5.74) is 1.78. The summed E-state index contributed by atoms with van der Waals surface area (Å²) in [6, 6.07) is 15.0. The van der Waals surface area contributed by atoms with Crippen molar-refractivity contribution in [2.24, 2.45) is 0 Å². The van der Waals surface area contributed by atoms with E-state index in [-0.39, 0.29) is 11.8 Å². The molecule has 0 aromatic heterocycles. The number of halogens is 2. The van der Waals surface area contributed by atoms with Gasteiger partial charge in [-0.1, -0.05) is 48.0 Å². The SMILES string of the molecule is Cc1ccc(C(=O)NC(C)(CCl)c2ccccc2)c(Cl)c1. The van der Waals surface area contributed by atoms with Crippen LogP contribution in [0, 0.1) is 6.92 Å². The van der Waals surface area contributed by atoms with Crippen LogP contribution in [0.25, 0.3) is 0 Å². The molecule has 0 radical (unpaired) electrons. The molecule has 1 unspecified atom stereocenters. The molecule has 0 aliphatic heterocycles. The van der Waals surface area contributed by atoms with Crippen molar-refractivity contribution < 1.29 is 4.79 Å². The highest BCUT2D eigenvalue weighted by molar-refractivity contribution is 6.34. The smallest absolute Gasteiger partial charge is 0.253 e. The lowest BCUT2D eigenvalue weighted by atomic mass is 9.93. The third-order valence-electron chi connectivity index (χ3n) is 3.44. The molecule has 110 valence electrons. The largest absolute Gasteiger partial charge is 0.342 e. The number of carbonyl (C=O) groups is 1. The second kappa shape index (κ2) is 6.50. The highest BCUT2D eigenvalue weighted by atomic mass is 35.5. The van der Waals surface area contributed by atoms with E-state index in [1.54, 1.807) is 12.1 Å². The Balaban J connectivity index is 2.28. The number of hydrogen-bond acceptors (Lipinski definition) is 1. The van der Waals surface area contributed by atoms with E-state index in [2.05, 4.69) is 5.32 Å². The van der Waals surface area contributed by atoms with E-state index in [1.807, 2.05) is 50.2 Å². The van der Waals surface area contributed by atoms with Crippen molar-refractivity contribution in [2.45, 2.75) is 19.4 Å². The zero-order chi connectivity index (χ0) is 15.5. The lowest BCUT2D eigenvalue weighted by Gasteiger charge is -2.29. The topological polar surface area (TPSA) is 29.1 Å². The Bertz CT molecular complexity index is 642. The number of hydrogen-bond donors (Lipinski definition) is 1. The second-order valence-corrected chi connectivity index (χ2v) is 5.94. The van der Waals surface area contributed by atoms with Crippen molar-refractivity contribution in [3.05, 3.63) is 70.2 Å². The molecule has 4 heteroatoms. The number of amides is 1. The van der Waals surface area contributed by atoms with Gasteiger partial charge in [0.2, 0.25) is 0 Å². The van der Waals surface area contributed by atoms with Crippen molar-refractivity contribution in [2.75, 3.05) is 5.88 Å². The van der Waals surface area contributed by atoms with Crippen molar-refractivity contribution in [3.8, 4) is 0 Å². The minimum atomic E-state index is -0.645. The fourth-order valence-electron chi connectivity index (χ4n) is 2.11. The van der Waals surface area contributed by atoms with Gasteiger partial charge in [0.25, 0.3) is 5.91 Å². The van der Waals surface area contributed by atoms with Gasteiger partial charge in [0.05, 0.1) is 16.1 Å². The van der Waals surface area contributed by atoms with Gasteiger partial charge in [-0.15, -0.1) is 11.6 Å². The van der Waals surface area contributed by atoms with Crippen LogP contribution in [0.2, 0.25) is 5.02 Å². The third kappa shape index (κ3) is 3.58. The highest BCUT2D eigenvalue weighted by Gasteiger charge is 2.28. The Kier molecular flexibility index (Phi) is 4.92. The molecular weight excluding hydrogens is 305 g/mol. The number of alkyl halides is 1. The lowest BCUT2D eigenvalue weighted by molar-refractivity contribution is 0.0913. The zero-order valence-electron chi connectivity index (χ0n) is 12.0. The van der Waals surface area contributed by atoms with Crippen molar-refractivity contribution >= 4 is 29.1 Å². The summed E-state index contributed by atoms with van der Waals surface area (Å²) in [5.74, 6) is 0.0404. The summed E-state index contributed by atoms with van der Waals surface area (Å²) in [6.45, 7) is 3.83. The van der Waals surface area contributed by atoms with E-state index in [4.69, 9.17) is 23.2 Å². The molecule has 1 amide bonds. The maximum absolute atomic E-state index is 12.5. The van der Waals surface area contributed by atoms with Gasteiger partial charge in [-0.2, -0.15) is 0 Å². The monoisotopic (exact) mass is 321 g/mol. The molecule has 2 nitrogen and oxygen atoms in total. The number of aryl methyl sites for hydroxylation is 1. The fraction of sp³-hybridized carbons (Fsp3) is 0.235. The lowest BCUT2D eigenvalue weighted by Crippen LogP contribution is -2.45. The predicted molar refractivity (Wildman–Crippen MR) is 88.2 cm³/mol. The van der Waals surface area contributed by atoms with Crippen molar-refractivity contribution in [1.29, 1.82) is 0 Å². The predicted octanol–water partition coefficient (Wildman–Crippen LogP) is 4.53. The first-order valence-corrected chi connectivity index (χ1v) is 7.58. The zero-order valence-corrected chi connectivity index (χ0v) is 13.5. The molecule has 1 atom stereocenters. The standard InChI is InChI=1S/C17H17Cl2NO/c1-12-8-9-14(15(19)10-12)16(21)20-17(2,11-18)13-6-4-3-5-7-13/h3-10H,11H2,1-2H3,(H,20,21). The van der Waals surface area contributed by atoms with E-state index in [1.165, 1.54) is 0 Å². The summed E-state index contributed by atoms with van der Waals surface area (Å²) in [4.78, 5) is 12.5. The first kappa shape index (κ1) is 15.9. The number of benzene rings is 2. The van der Waals surface area contributed by atoms with Gasteiger partial charge in [0.15, 0.2) is 0 Å². The second-order valence-electron chi connectivity index (χ2n) is 5.27. The Morgan fingerprint density at radius 1 is 1.19 bits per heavy atom. The quantitative estimate of drug-likeness (QED) is 0.823. The first-order chi connectivity index (χ1) is 9.96. The number of rotatable bonds is 4. The molecule has 0 bridgehead atoms. The van der Waals surface area contributed by atoms with Crippen molar-refractivity contribution in [1.82, 2.24) is 5.32 Å². The van der Waals surface area contributed by atoms with Gasteiger partial charge in [-0.25, -0.2) is 0 Å². The molecule has 0 saturated carbocycles. The molecule has 21 heavy (non-hydrogen) atoms. The fourth-order valence-corrected chi connectivity index (χ4v) is 2.65. The Morgan fingerprint density at radius 3 is 2.43 bits per heavy atom. The molecule has 2 rings (SSSR count). The van der Waals surface area contributed by atoms with Crippen LogP contribution in [-0.4, -0.2) is 11.8 Å². The molecule has 0 saturated heterocycles. The minimum Gasteiger partial charge on any atom is -0.342 e. The van der Waals surface area contributed by atoms with Crippen LogP contribution >= 0.6 is 23.2 Å². The van der Waals surface area contributed by atoms with E-state index < -0.39 is 5.54 Å². The molecule has 2 aromatic carbocycles. The third-order valence-corrected chi connectivity index (χ3v) is 4.28. The maximum atomic E-state index is 12.5. The van der Waals surface area contributed by atoms with Gasteiger partial charge in [0, 0.05) is 5.88 Å². The van der Waals surface area contributed by atoms with E-state index in [0.29, 0.717) is 10.6 Å². The van der Waals surface area contributed by atoms with Gasteiger partial charge < -0.3 is 5.32 Å². The van der Waals surface area contributed by atoms with Crippen LogP contribution in [0.1, 0.15) is 28.4 Å². The van der Waals surface area contributed by atoms with Crippen molar-refractivity contribution in [3.63, 3.8) is 0 Å². The molecule has 0 fully saturated rings. The van der Waals surface area contributed by atoms with Crippen LogP contribution in [0.3, 0.4) is 0 Å².